The molecule has 4 aromatic rings. The second-order valence-electron chi connectivity index (χ2n) is 23.4. The zero-order valence-corrected chi connectivity index (χ0v) is 55.3. The summed E-state index contributed by atoms with van der Waals surface area (Å²) in [7, 11) is 8.42. The molecule has 0 fully saturated rings. The summed E-state index contributed by atoms with van der Waals surface area (Å²) in [5.41, 5.74) is 7.52. The van der Waals surface area contributed by atoms with Crippen molar-refractivity contribution in [1.29, 1.82) is 0 Å². The molecule has 0 atom stereocenters. The molecule has 2 heterocycles. The third-order valence-corrected chi connectivity index (χ3v) is 16.0. The third-order valence-electron chi connectivity index (χ3n) is 16.0. The van der Waals surface area contributed by atoms with Crippen molar-refractivity contribution < 1.29 is 43.1 Å². The minimum atomic E-state index is 0. The summed E-state index contributed by atoms with van der Waals surface area (Å²) in [5, 5.41) is 0. The topological polar surface area (TPSA) is 14.2 Å². The first-order valence-corrected chi connectivity index (χ1v) is 32.8. The van der Waals surface area contributed by atoms with E-state index in [-0.39, 0.29) is 34.0 Å². The van der Waals surface area contributed by atoms with Crippen LogP contribution in [-0.4, -0.2) is 27.7 Å². The minimum Gasteiger partial charge on any atom is -1.00 e. The zero-order chi connectivity index (χ0) is 54.9. The van der Waals surface area contributed by atoms with Crippen molar-refractivity contribution in [3.05, 3.63) is 120 Å². The van der Waals surface area contributed by atoms with Crippen molar-refractivity contribution in [2.75, 3.05) is 37.5 Å². The molecule has 0 radical (unpaired) electrons. The van der Waals surface area contributed by atoms with Gasteiger partial charge in [-0.25, -0.2) is 9.13 Å². The van der Waals surface area contributed by atoms with Gasteiger partial charge in [0.15, 0.2) is 24.8 Å². The van der Waals surface area contributed by atoms with Crippen LogP contribution >= 0.6 is 0 Å². The van der Waals surface area contributed by atoms with E-state index in [9.17, 15) is 0 Å². The van der Waals surface area contributed by atoms with Crippen LogP contribution in [0.1, 0.15) is 287 Å². The molecule has 0 aliphatic carbocycles. The van der Waals surface area contributed by atoms with Crippen LogP contribution in [0.2, 0.25) is 0 Å². The molecule has 0 saturated carbocycles. The van der Waals surface area contributed by atoms with Gasteiger partial charge in [-0.05, 0) is 59.4 Å². The van der Waals surface area contributed by atoms with Crippen LogP contribution in [0.3, 0.4) is 0 Å². The van der Waals surface area contributed by atoms with Gasteiger partial charge in [0, 0.05) is 69.7 Å². The summed E-state index contributed by atoms with van der Waals surface area (Å²) in [6, 6.07) is 26.4. The van der Waals surface area contributed by atoms with Crippen molar-refractivity contribution in [3.8, 4) is 0 Å². The molecule has 446 valence electrons. The molecule has 2 aromatic carbocycles. The van der Waals surface area contributed by atoms with Gasteiger partial charge >= 0.3 is 0 Å². The van der Waals surface area contributed by atoms with Crippen LogP contribution in [0.25, 0.3) is 24.3 Å². The summed E-state index contributed by atoms with van der Waals surface area (Å²) < 4.78 is 4.39. The van der Waals surface area contributed by atoms with Gasteiger partial charge in [-0.1, -0.05) is 294 Å². The van der Waals surface area contributed by atoms with Crippen LogP contribution in [0, 0.1) is 0 Å². The van der Waals surface area contributed by atoms with Crippen molar-refractivity contribution in [2.24, 2.45) is 7.05 Å². The maximum atomic E-state index is 2.40. The number of hydrogen-bond acceptors (Lipinski definition) is 2. The van der Waals surface area contributed by atoms with E-state index >= 15 is 0 Å². The lowest BCUT2D eigenvalue weighted by Gasteiger charge is -2.19. The van der Waals surface area contributed by atoms with Crippen molar-refractivity contribution in [2.45, 2.75) is 271 Å². The molecule has 4 nitrogen and oxygen atoms in total. The van der Waals surface area contributed by atoms with Gasteiger partial charge in [-0.15, -0.1) is 0 Å². The minimum absolute atomic E-state index is 0. The Morgan fingerprint density at radius 3 is 0.861 bits per heavy atom. The van der Waals surface area contributed by atoms with Crippen molar-refractivity contribution in [1.82, 2.24) is 0 Å². The fourth-order valence-corrected chi connectivity index (χ4v) is 10.6. The Morgan fingerprint density at radius 2 is 0.557 bits per heavy atom. The van der Waals surface area contributed by atoms with E-state index in [0.29, 0.717) is 0 Å². The number of pyridine rings is 2. The lowest BCUT2D eigenvalue weighted by molar-refractivity contribution is -0.697. The monoisotopic (exact) mass is 1210 g/mol. The normalized spacial score (nSPS) is 11.2. The molecule has 0 N–H and O–H groups in total. The van der Waals surface area contributed by atoms with E-state index in [1.54, 1.807) is 0 Å². The molecule has 0 saturated heterocycles. The number of benzene rings is 2. The highest BCUT2D eigenvalue weighted by molar-refractivity contribution is 5.71. The molecule has 0 bridgehead atoms. The molecule has 0 amide bonds. The predicted molar refractivity (Wildman–Crippen MR) is 344 cm³/mol. The van der Waals surface area contributed by atoms with Gasteiger partial charge in [0.05, 0.1) is 0 Å². The first-order valence-electron chi connectivity index (χ1n) is 32.8. The molecule has 79 heavy (non-hydrogen) atoms. The van der Waals surface area contributed by atoms with E-state index in [1.165, 1.54) is 284 Å². The molecule has 6 heteroatoms. The summed E-state index contributed by atoms with van der Waals surface area (Å²) in [6.45, 7) is 6.88. The number of rotatable bonds is 47. The average Bonchev–Trinajstić information content (AvgIpc) is 3.45. The first kappa shape index (κ1) is 73.8. The second kappa shape index (κ2) is 52.8. The van der Waals surface area contributed by atoms with E-state index in [1.807, 2.05) is 7.05 Å². The Hall–Kier alpha value is -3.22. The van der Waals surface area contributed by atoms with E-state index in [2.05, 4.69) is 176 Å². The third kappa shape index (κ3) is 41.4. The van der Waals surface area contributed by atoms with Crippen LogP contribution in [0.4, 0.5) is 11.4 Å². The lowest BCUT2D eigenvalue weighted by atomic mass is 10.0. The molecule has 4 rings (SSSR count). The molecule has 0 spiro atoms. The van der Waals surface area contributed by atoms with E-state index < -0.39 is 0 Å². The maximum absolute atomic E-state index is 2.40. The number of nitrogens with zero attached hydrogens (tertiary/aromatic N) is 4. The zero-order valence-electron chi connectivity index (χ0n) is 52.1. The fraction of sp³-hybridized carbons (Fsp3) is 0.644. The van der Waals surface area contributed by atoms with Crippen LogP contribution in [0.5, 0.6) is 0 Å². The Kier molecular flexibility index (Phi) is 49.3. The average molecular weight is 1210 g/mol. The van der Waals surface area contributed by atoms with E-state index in [4.69, 9.17) is 0 Å². The van der Waals surface area contributed by atoms with Crippen LogP contribution in [0.15, 0.2) is 97.6 Å². The van der Waals surface area contributed by atoms with Crippen molar-refractivity contribution in [3.63, 3.8) is 0 Å². The predicted octanol–water partition coefficient (Wildman–Crippen LogP) is 15.6. The number of hydrogen-bond donors (Lipinski definition) is 0. The SMILES string of the molecule is CCCCCCCCCCCCCCCCCCCCCC[n+]1ccc(/C=C/c2ccc(N(C)C)cc2)cc1.CCCCCCCCCCCCCCCCCCCCCN(C)c1ccc(/C=C/c2cc[n+](C)cc2)cc1.[Br-].[Br-]. The standard InChI is InChI=1S/C37H61N2.C36H59N2.2BrH/c1-4-5-6-7-8-9-10-11-12-13-14-15-16-17-18-19-20-21-22-23-32-39-33-30-36(31-34-39)25-24-35-26-28-37(29-27-35)38(2)3;1-4-5-6-7-8-9-10-11-12-13-14-15-16-17-18-19-20-21-22-31-38(3)36-27-25-34(26-28-36)23-24-35-29-32-37(2)33-30-35;;/h24-31,33-34H,4-23,32H2,1-3H3;23-30,32-33H,4-22,31H2,1-3H3;2*1H/q2*+1;;/p-2. The van der Waals surface area contributed by atoms with Gasteiger partial charge in [0.25, 0.3) is 0 Å². The molecular weight excluding hydrogens is 1090 g/mol. The summed E-state index contributed by atoms with van der Waals surface area (Å²) in [6.07, 6.45) is 73.4. The van der Waals surface area contributed by atoms with Gasteiger partial charge < -0.3 is 43.8 Å². The van der Waals surface area contributed by atoms with Gasteiger partial charge in [-0.3, -0.25) is 0 Å². The Morgan fingerprint density at radius 1 is 0.304 bits per heavy atom. The van der Waals surface area contributed by atoms with Crippen LogP contribution < -0.4 is 52.9 Å². The van der Waals surface area contributed by atoms with Gasteiger partial charge in [0.2, 0.25) is 0 Å². The quantitative estimate of drug-likeness (QED) is 0.0323. The smallest absolute Gasteiger partial charge is 0.169 e. The first-order chi connectivity index (χ1) is 37.9. The fourth-order valence-electron chi connectivity index (χ4n) is 10.6. The molecular formula is C73H120Br2N4. The van der Waals surface area contributed by atoms with Gasteiger partial charge in [0.1, 0.15) is 13.6 Å². The molecule has 0 aliphatic rings. The van der Waals surface area contributed by atoms with E-state index in [0.717, 1.165) is 13.1 Å². The summed E-state index contributed by atoms with van der Waals surface area (Å²) in [4.78, 5) is 4.53. The highest BCUT2D eigenvalue weighted by Crippen LogP contribution is 2.20. The molecule has 0 aliphatic heterocycles. The highest BCUT2D eigenvalue weighted by Gasteiger charge is 2.04. The summed E-state index contributed by atoms with van der Waals surface area (Å²) >= 11 is 0. The highest BCUT2D eigenvalue weighted by atomic mass is 79.9. The van der Waals surface area contributed by atoms with Crippen molar-refractivity contribution >= 4 is 35.7 Å². The number of anilines is 2. The Bertz CT molecular complexity index is 1960. The molecule has 2 aromatic heterocycles. The van der Waals surface area contributed by atoms with Gasteiger partial charge in [-0.2, -0.15) is 0 Å². The Balaban J connectivity index is 0.000000771. The number of aryl methyl sites for hydroxylation is 2. The summed E-state index contributed by atoms with van der Waals surface area (Å²) in [5.74, 6) is 0. The second-order valence-corrected chi connectivity index (χ2v) is 23.4. The Labute approximate surface area is 510 Å². The number of unbranched alkanes of at least 4 members (excludes halogenated alkanes) is 37. The maximum Gasteiger partial charge on any atom is 0.169 e. The number of aromatic nitrogens is 2. The van der Waals surface area contributed by atoms with Crippen LogP contribution in [-0.2, 0) is 13.6 Å². The largest absolute Gasteiger partial charge is 1.00 e. The lowest BCUT2D eigenvalue weighted by Crippen LogP contribution is -3.00. The number of halogens is 2. The molecule has 0 unspecified atom stereocenters.